The van der Waals surface area contributed by atoms with Crippen LogP contribution in [0.25, 0.3) is 10.9 Å². The molecule has 4 nitrogen and oxygen atoms in total. The lowest BCUT2D eigenvalue weighted by Crippen LogP contribution is -2.06. The topological polar surface area (TPSA) is 76.9 Å². The summed E-state index contributed by atoms with van der Waals surface area (Å²) in [6, 6.07) is 7.35. The summed E-state index contributed by atoms with van der Waals surface area (Å²) in [5.41, 5.74) is 1.94. The Labute approximate surface area is 92.1 Å². The van der Waals surface area contributed by atoms with Crippen LogP contribution in [0.5, 0.6) is 0 Å². The fourth-order valence-corrected chi connectivity index (χ4v) is 1.76. The van der Waals surface area contributed by atoms with Gasteiger partial charge in [-0.1, -0.05) is 12.1 Å². The Bertz CT molecular complexity index is 593. The standard InChI is InChI=1S/C12H10N2O2/c1-7(12(15)16)10-6-14-11-8(5-13)3-2-4-9(10)11/h2-4,6-7,14H,1H3,(H,15,16). The van der Waals surface area contributed by atoms with Crippen LogP contribution in [0.3, 0.4) is 0 Å². The summed E-state index contributed by atoms with van der Waals surface area (Å²) in [5, 5.41) is 18.7. The molecule has 1 heterocycles. The van der Waals surface area contributed by atoms with Gasteiger partial charge in [-0.3, -0.25) is 4.79 Å². The summed E-state index contributed by atoms with van der Waals surface area (Å²) in [6.07, 6.45) is 1.66. The first-order chi connectivity index (χ1) is 7.65. The van der Waals surface area contributed by atoms with Crippen LogP contribution in [0, 0.1) is 11.3 Å². The van der Waals surface area contributed by atoms with Gasteiger partial charge in [-0.25, -0.2) is 0 Å². The predicted molar refractivity (Wildman–Crippen MR) is 59.1 cm³/mol. The number of aromatic nitrogens is 1. The number of fused-ring (bicyclic) bond motifs is 1. The number of aromatic amines is 1. The number of carboxylic acids is 1. The third-order valence-corrected chi connectivity index (χ3v) is 2.70. The number of nitrogens with one attached hydrogen (secondary N) is 1. The molecule has 16 heavy (non-hydrogen) atoms. The maximum absolute atomic E-state index is 10.9. The van der Waals surface area contributed by atoms with Crippen molar-refractivity contribution in [1.82, 2.24) is 4.98 Å². The van der Waals surface area contributed by atoms with Crippen LogP contribution in [-0.4, -0.2) is 16.1 Å². The molecular weight excluding hydrogens is 204 g/mol. The Morgan fingerprint density at radius 2 is 2.31 bits per heavy atom. The number of nitrogens with zero attached hydrogens (tertiary/aromatic N) is 1. The van der Waals surface area contributed by atoms with Crippen molar-refractivity contribution in [1.29, 1.82) is 5.26 Å². The fraction of sp³-hybridized carbons (Fsp3) is 0.167. The molecule has 2 N–H and O–H groups in total. The first-order valence-electron chi connectivity index (χ1n) is 4.88. The van der Waals surface area contributed by atoms with Crippen LogP contribution in [-0.2, 0) is 4.79 Å². The van der Waals surface area contributed by atoms with Crippen molar-refractivity contribution in [3.05, 3.63) is 35.5 Å². The summed E-state index contributed by atoms with van der Waals surface area (Å²) in [4.78, 5) is 13.9. The number of rotatable bonds is 2. The minimum atomic E-state index is -0.872. The van der Waals surface area contributed by atoms with Crippen molar-refractivity contribution in [2.45, 2.75) is 12.8 Å². The number of nitriles is 1. The number of para-hydroxylation sites is 1. The summed E-state index contributed by atoms with van der Waals surface area (Å²) in [7, 11) is 0. The zero-order valence-corrected chi connectivity index (χ0v) is 8.69. The van der Waals surface area contributed by atoms with E-state index in [4.69, 9.17) is 10.4 Å². The lowest BCUT2D eigenvalue weighted by atomic mass is 10.00. The van der Waals surface area contributed by atoms with E-state index in [9.17, 15) is 4.79 Å². The highest BCUT2D eigenvalue weighted by Gasteiger charge is 2.18. The van der Waals surface area contributed by atoms with E-state index in [0.29, 0.717) is 16.6 Å². The lowest BCUT2D eigenvalue weighted by Gasteiger charge is -2.03. The molecule has 0 aliphatic rings. The lowest BCUT2D eigenvalue weighted by molar-refractivity contribution is -0.138. The van der Waals surface area contributed by atoms with Crippen molar-refractivity contribution in [2.75, 3.05) is 0 Å². The number of aliphatic carboxylic acids is 1. The van der Waals surface area contributed by atoms with Gasteiger partial charge in [-0.2, -0.15) is 5.26 Å². The molecule has 1 unspecified atom stereocenters. The first-order valence-corrected chi connectivity index (χ1v) is 4.88. The van der Waals surface area contributed by atoms with E-state index in [1.165, 1.54) is 0 Å². The molecule has 0 fully saturated rings. The van der Waals surface area contributed by atoms with Crippen LogP contribution in [0.1, 0.15) is 24.0 Å². The molecule has 0 aliphatic heterocycles. The number of benzene rings is 1. The molecule has 2 aromatic rings. The van der Waals surface area contributed by atoms with E-state index in [1.807, 2.05) is 6.07 Å². The van der Waals surface area contributed by atoms with Crippen molar-refractivity contribution in [3.63, 3.8) is 0 Å². The van der Waals surface area contributed by atoms with Gasteiger partial charge < -0.3 is 10.1 Å². The van der Waals surface area contributed by atoms with Gasteiger partial charge in [0.05, 0.1) is 17.0 Å². The molecule has 0 amide bonds. The number of carboxylic acid groups (broad SMARTS) is 1. The van der Waals surface area contributed by atoms with E-state index < -0.39 is 11.9 Å². The molecular formula is C12H10N2O2. The average Bonchev–Trinajstić information content (AvgIpc) is 2.71. The minimum Gasteiger partial charge on any atom is -0.481 e. The van der Waals surface area contributed by atoms with Crippen molar-refractivity contribution < 1.29 is 9.90 Å². The molecule has 1 aromatic heterocycles. The molecule has 0 bridgehead atoms. The summed E-state index contributed by atoms with van der Waals surface area (Å²) in [6.45, 7) is 1.63. The van der Waals surface area contributed by atoms with Crippen molar-refractivity contribution in [2.24, 2.45) is 0 Å². The highest BCUT2D eigenvalue weighted by Crippen LogP contribution is 2.27. The van der Waals surface area contributed by atoms with Crippen LogP contribution in [0.2, 0.25) is 0 Å². The highest BCUT2D eigenvalue weighted by atomic mass is 16.4. The number of hydrogen-bond donors (Lipinski definition) is 2. The molecule has 2 rings (SSSR count). The average molecular weight is 214 g/mol. The van der Waals surface area contributed by atoms with Gasteiger partial charge in [0.2, 0.25) is 0 Å². The maximum atomic E-state index is 10.9. The van der Waals surface area contributed by atoms with E-state index in [2.05, 4.69) is 11.1 Å². The zero-order chi connectivity index (χ0) is 11.7. The largest absolute Gasteiger partial charge is 0.481 e. The quantitative estimate of drug-likeness (QED) is 0.804. The van der Waals surface area contributed by atoms with Crippen LogP contribution in [0.4, 0.5) is 0 Å². The highest BCUT2D eigenvalue weighted by molar-refractivity contribution is 5.92. The molecule has 0 saturated carbocycles. The predicted octanol–water partition coefficient (Wildman–Crippen LogP) is 2.23. The van der Waals surface area contributed by atoms with Gasteiger partial charge in [-0.05, 0) is 18.6 Å². The summed E-state index contributed by atoms with van der Waals surface area (Å²) in [5.74, 6) is -1.45. The van der Waals surface area contributed by atoms with Gasteiger partial charge in [0.25, 0.3) is 0 Å². The number of H-pyrrole nitrogens is 1. The van der Waals surface area contributed by atoms with Crippen LogP contribution in [0.15, 0.2) is 24.4 Å². The molecule has 80 valence electrons. The Morgan fingerprint density at radius 3 is 2.94 bits per heavy atom. The molecule has 1 aromatic carbocycles. The van der Waals surface area contributed by atoms with E-state index in [0.717, 1.165) is 5.39 Å². The van der Waals surface area contributed by atoms with Crippen molar-refractivity contribution in [3.8, 4) is 6.07 Å². The molecule has 0 spiro atoms. The Morgan fingerprint density at radius 1 is 1.56 bits per heavy atom. The van der Waals surface area contributed by atoms with Crippen LogP contribution < -0.4 is 0 Å². The number of carbonyl (C=O) groups is 1. The molecule has 0 aliphatic carbocycles. The first kappa shape index (κ1) is 10.2. The van der Waals surface area contributed by atoms with E-state index in [1.54, 1.807) is 25.3 Å². The third-order valence-electron chi connectivity index (χ3n) is 2.70. The monoisotopic (exact) mass is 214 g/mol. The maximum Gasteiger partial charge on any atom is 0.310 e. The smallest absolute Gasteiger partial charge is 0.310 e. The second kappa shape index (κ2) is 3.70. The van der Waals surface area contributed by atoms with Gasteiger partial charge >= 0.3 is 5.97 Å². The van der Waals surface area contributed by atoms with Gasteiger partial charge in [0.1, 0.15) is 6.07 Å². The second-order valence-corrected chi connectivity index (χ2v) is 3.64. The van der Waals surface area contributed by atoms with Crippen LogP contribution >= 0.6 is 0 Å². The molecule has 0 saturated heterocycles. The molecule has 4 heteroatoms. The minimum absolute atomic E-state index is 0.529. The number of hydrogen-bond acceptors (Lipinski definition) is 2. The van der Waals surface area contributed by atoms with Crippen molar-refractivity contribution >= 4 is 16.9 Å². The summed E-state index contributed by atoms with van der Waals surface area (Å²) < 4.78 is 0. The Kier molecular flexibility index (Phi) is 2.37. The fourth-order valence-electron chi connectivity index (χ4n) is 1.76. The molecule has 0 radical (unpaired) electrons. The SMILES string of the molecule is CC(C(=O)O)c1c[nH]c2c(C#N)cccc12. The van der Waals surface area contributed by atoms with Gasteiger partial charge in [0, 0.05) is 11.6 Å². The zero-order valence-electron chi connectivity index (χ0n) is 8.69. The molecule has 1 atom stereocenters. The summed E-state index contributed by atoms with van der Waals surface area (Å²) >= 11 is 0. The van der Waals surface area contributed by atoms with Gasteiger partial charge in [-0.15, -0.1) is 0 Å². The normalized spacial score (nSPS) is 12.2. The van der Waals surface area contributed by atoms with E-state index >= 15 is 0 Å². The Balaban J connectivity index is 2.67. The Hall–Kier alpha value is -2.28. The third kappa shape index (κ3) is 1.43. The second-order valence-electron chi connectivity index (χ2n) is 3.64. The van der Waals surface area contributed by atoms with Gasteiger partial charge in [0.15, 0.2) is 0 Å². The van der Waals surface area contributed by atoms with E-state index in [-0.39, 0.29) is 0 Å².